The van der Waals surface area contributed by atoms with Crippen molar-refractivity contribution >= 4 is 34.7 Å². The minimum Gasteiger partial charge on any atom is -0.358 e. The van der Waals surface area contributed by atoms with Crippen LogP contribution in [0.2, 0.25) is 0 Å². The summed E-state index contributed by atoms with van der Waals surface area (Å²) in [4.78, 5) is 25.5. The van der Waals surface area contributed by atoms with Crippen molar-refractivity contribution in [2.75, 3.05) is 0 Å². The molecule has 0 aliphatic carbocycles. The topological polar surface area (TPSA) is 73.1 Å². The number of thiazole rings is 1. The van der Waals surface area contributed by atoms with Crippen LogP contribution in [0, 0.1) is 21.7 Å². The Bertz CT molecular complexity index is 719. The first-order valence-corrected chi connectivity index (χ1v) is 7.37. The minimum atomic E-state index is -0.828. The zero-order valence-electron chi connectivity index (χ0n) is 10.6. The summed E-state index contributed by atoms with van der Waals surface area (Å²) in [6, 6.07) is 2.92. The third-order valence-corrected chi connectivity index (χ3v) is 4.71. The Balaban J connectivity index is 2.40. The van der Waals surface area contributed by atoms with E-state index >= 15 is 0 Å². The van der Waals surface area contributed by atoms with E-state index in [0.29, 0.717) is 6.07 Å². The molecule has 0 atom stereocenters. The van der Waals surface area contributed by atoms with Crippen molar-refractivity contribution in [2.24, 2.45) is 0 Å². The highest BCUT2D eigenvalue weighted by molar-refractivity contribution is 8.01. The summed E-state index contributed by atoms with van der Waals surface area (Å²) in [5, 5.41) is 11.0. The van der Waals surface area contributed by atoms with E-state index in [0.717, 1.165) is 29.2 Å². The quantitative estimate of drug-likeness (QED) is 0.469. The van der Waals surface area contributed by atoms with Crippen LogP contribution in [0.25, 0.3) is 0 Å². The molecule has 0 amide bonds. The lowest BCUT2D eigenvalue weighted by Gasteiger charge is -2.00. The van der Waals surface area contributed by atoms with Gasteiger partial charge in [0.25, 0.3) is 5.01 Å². The average Bonchev–Trinajstić information content (AvgIpc) is 2.85. The number of nitro groups is 1. The van der Waals surface area contributed by atoms with E-state index in [2.05, 4.69) is 4.98 Å². The van der Waals surface area contributed by atoms with Gasteiger partial charge in [-0.2, -0.15) is 0 Å². The second kappa shape index (κ2) is 6.27. The number of halogens is 2. The van der Waals surface area contributed by atoms with Crippen LogP contribution in [-0.2, 0) is 0 Å². The van der Waals surface area contributed by atoms with Crippen LogP contribution in [0.3, 0.4) is 0 Å². The van der Waals surface area contributed by atoms with Crippen LogP contribution in [0.5, 0.6) is 0 Å². The molecule has 0 bridgehead atoms. The summed E-state index contributed by atoms with van der Waals surface area (Å²) in [6.07, 6.45) is 0.166. The highest BCUT2D eigenvalue weighted by Crippen LogP contribution is 2.40. The van der Waals surface area contributed by atoms with E-state index < -0.39 is 22.4 Å². The molecule has 9 heteroatoms. The summed E-state index contributed by atoms with van der Waals surface area (Å²) in [6.45, 7) is 1.61. The van der Waals surface area contributed by atoms with E-state index in [9.17, 15) is 23.7 Å². The second-order valence-electron chi connectivity index (χ2n) is 3.84. The van der Waals surface area contributed by atoms with E-state index in [-0.39, 0.29) is 26.3 Å². The fraction of sp³-hybridized carbons (Fsp3) is 0.167. The minimum absolute atomic E-state index is 0.00854. The van der Waals surface area contributed by atoms with Gasteiger partial charge in [-0.25, -0.2) is 8.78 Å². The SMILES string of the molecule is CCC(=O)c1nc([N+](=O)[O-])c(Sc2ccc(F)cc2F)s1. The van der Waals surface area contributed by atoms with Crippen molar-refractivity contribution in [3.63, 3.8) is 0 Å². The number of carbonyl (C=O) groups excluding carboxylic acids is 1. The van der Waals surface area contributed by atoms with Crippen LogP contribution in [0.4, 0.5) is 14.6 Å². The third kappa shape index (κ3) is 3.42. The first kappa shape index (κ1) is 15.5. The Kier molecular flexibility index (Phi) is 4.63. The summed E-state index contributed by atoms with van der Waals surface area (Å²) < 4.78 is 26.5. The molecule has 0 saturated heterocycles. The number of carbonyl (C=O) groups is 1. The van der Waals surface area contributed by atoms with E-state index in [1.165, 1.54) is 6.07 Å². The van der Waals surface area contributed by atoms with Crippen molar-refractivity contribution in [2.45, 2.75) is 22.4 Å². The van der Waals surface area contributed by atoms with E-state index in [4.69, 9.17) is 0 Å². The maximum Gasteiger partial charge on any atom is 0.389 e. The van der Waals surface area contributed by atoms with Gasteiger partial charge >= 0.3 is 5.82 Å². The highest BCUT2D eigenvalue weighted by atomic mass is 32.2. The van der Waals surface area contributed by atoms with Gasteiger partial charge in [0, 0.05) is 17.4 Å². The molecule has 0 N–H and O–H groups in total. The number of benzene rings is 1. The molecule has 1 aromatic heterocycles. The number of hydrogen-bond acceptors (Lipinski definition) is 6. The monoisotopic (exact) mass is 330 g/mol. The largest absolute Gasteiger partial charge is 0.389 e. The molecule has 2 aromatic rings. The fourth-order valence-electron chi connectivity index (χ4n) is 1.41. The van der Waals surface area contributed by atoms with Crippen LogP contribution < -0.4 is 0 Å². The van der Waals surface area contributed by atoms with Gasteiger partial charge in [-0.3, -0.25) is 4.79 Å². The van der Waals surface area contributed by atoms with Crippen LogP contribution in [0.1, 0.15) is 23.1 Å². The van der Waals surface area contributed by atoms with Crippen molar-refractivity contribution < 1.29 is 18.5 Å². The van der Waals surface area contributed by atoms with Gasteiger partial charge in [0.15, 0.2) is 4.21 Å². The van der Waals surface area contributed by atoms with Crippen LogP contribution in [-0.4, -0.2) is 15.7 Å². The standard InChI is InChI=1S/C12H8F2N2O3S2/c1-2-8(17)11-15-10(16(18)19)12(21-11)20-9-4-3-6(13)5-7(9)14/h3-5H,2H2,1H3. The van der Waals surface area contributed by atoms with Gasteiger partial charge in [-0.1, -0.05) is 30.0 Å². The normalized spacial score (nSPS) is 10.6. The molecule has 0 unspecified atom stereocenters. The van der Waals surface area contributed by atoms with Gasteiger partial charge in [0.05, 0.1) is 0 Å². The summed E-state index contributed by atoms with van der Waals surface area (Å²) in [7, 11) is 0. The molecule has 0 fully saturated rings. The number of hydrogen-bond donors (Lipinski definition) is 0. The van der Waals surface area contributed by atoms with Gasteiger partial charge in [0.2, 0.25) is 5.78 Å². The maximum absolute atomic E-state index is 13.6. The molecule has 0 aliphatic rings. The molecule has 110 valence electrons. The van der Waals surface area contributed by atoms with Crippen LogP contribution in [0.15, 0.2) is 27.3 Å². The molecular weight excluding hydrogens is 322 g/mol. The lowest BCUT2D eigenvalue weighted by molar-refractivity contribution is -0.391. The van der Waals surface area contributed by atoms with Crippen molar-refractivity contribution in [3.05, 3.63) is 45.0 Å². The second-order valence-corrected chi connectivity index (χ2v) is 6.15. The lowest BCUT2D eigenvalue weighted by Crippen LogP contribution is -1.96. The van der Waals surface area contributed by atoms with Crippen molar-refractivity contribution in [1.29, 1.82) is 0 Å². The molecule has 0 saturated carbocycles. The van der Waals surface area contributed by atoms with Gasteiger partial charge in [-0.15, -0.1) is 0 Å². The number of aromatic nitrogens is 1. The van der Waals surface area contributed by atoms with Gasteiger partial charge in [0.1, 0.15) is 11.6 Å². The van der Waals surface area contributed by atoms with Crippen molar-refractivity contribution in [3.8, 4) is 0 Å². The summed E-state index contributed by atoms with van der Waals surface area (Å²) in [5.74, 6) is -2.39. The van der Waals surface area contributed by atoms with E-state index in [1.54, 1.807) is 6.92 Å². The Morgan fingerprint density at radius 3 is 2.76 bits per heavy atom. The Hall–Kier alpha value is -1.87. The van der Waals surface area contributed by atoms with Crippen molar-refractivity contribution in [1.82, 2.24) is 4.98 Å². The number of ketones is 1. The molecule has 2 rings (SSSR count). The Labute approximate surface area is 126 Å². The van der Waals surface area contributed by atoms with Crippen LogP contribution >= 0.6 is 23.1 Å². The summed E-state index contributed by atoms with van der Waals surface area (Å²) >= 11 is 1.58. The fourth-order valence-corrected chi connectivity index (χ4v) is 3.56. The zero-order valence-corrected chi connectivity index (χ0v) is 12.3. The molecule has 0 aliphatic heterocycles. The molecular formula is C12H8F2N2O3S2. The average molecular weight is 330 g/mol. The molecule has 0 spiro atoms. The lowest BCUT2D eigenvalue weighted by atomic mass is 10.3. The Morgan fingerprint density at radius 2 is 2.19 bits per heavy atom. The Morgan fingerprint density at radius 1 is 1.48 bits per heavy atom. The number of rotatable bonds is 5. The molecule has 0 radical (unpaired) electrons. The molecule has 1 heterocycles. The van der Waals surface area contributed by atoms with E-state index in [1.807, 2.05) is 0 Å². The zero-order chi connectivity index (χ0) is 15.6. The predicted octanol–water partition coefficient (Wildman–Crippen LogP) is 4.07. The third-order valence-electron chi connectivity index (χ3n) is 2.41. The summed E-state index contributed by atoms with van der Waals surface area (Å²) in [5.41, 5.74) is 0. The van der Waals surface area contributed by atoms with Gasteiger partial charge < -0.3 is 10.1 Å². The number of Topliss-reactive ketones (excluding diaryl/α,β-unsaturated/α-hetero) is 1. The highest BCUT2D eigenvalue weighted by Gasteiger charge is 2.27. The maximum atomic E-state index is 13.6. The molecule has 21 heavy (non-hydrogen) atoms. The first-order valence-electron chi connectivity index (χ1n) is 5.73. The number of nitrogens with zero attached hydrogens (tertiary/aromatic N) is 2. The first-order chi connectivity index (χ1) is 9.92. The van der Waals surface area contributed by atoms with Gasteiger partial charge in [-0.05, 0) is 22.0 Å². The predicted molar refractivity (Wildman–Crippen MR) is 73.9 cm³/mol. The molecule has 1 aromatic carbocycles. The smallest absolute Gasteiger partial charge is 0.358 e. The molecule has 5 nitrogen and oxygen atoms in total.